The number of benzene rings is 2. The molecule has 1 N–H and O–H groups in total. The van der Waals surface area contributed by atoms with Gasteiger partial charge in [-0.3, -0.25) is 9.10 Å². The van der Waals surface area contributed by atoms with Crippen LogP contribution in [0, 0.1) is 13.8 Å². The first-order chi connectivity index (χ1) is 14.2. The molecule has 0 bridgehead atoms. The van der Waals surface area contributed by atoms with Crippen LogP contribution in [0.3, 0.4) is 0 Å². The molecular formula is C22H28N2O5S. The third-order valence-electron chi connectivity index (χ3n) is 5.31. The van der Waals surface area contributed by atoms with Gasteiger partial charge in [-0.2, -0.15) is 0 Å². The van der Waals surface area contributed by atoms with Gasteiger partial charge in [0.25, 0.3) is 0 Å². The predicted octanol–water partition coefficient (Wildman–Crippen LogP) is 3.46. The van der Waals surface area contributed by atoms with Crippen molar-refractivity contribution in [2.24, 2.45) is 0 Å². The standard InChI is InChI=1S/C22H28N2O5S/c1-5-19(17-8-7-15(3)16(4)11-17)23-22(25)13-24(30(26,27)6-2)18-9-10-20-21(12-18)29-14-28-20/h7-12,19H,5-6,13-14H2,1-4H3,(H,23,25). The van der Waals surface area contributed by atoms with Gasteiger partial charge in [-0.05, 0) is 56.0 Å². The van der Waals surface area contributed by atoms with Crippen molar-refractivity contribution >= 4 is 21.6 Å². The molecule has 8 heteroatoms. The molecule has 0 saturated heterocycles. The number of rotatable bonds is 8. The molecule has 3 rings (SSSR count). The number of carbonyl (C=O) groups excluding carboxylic acids is 1. The van der Waals surface area contributed by atoms with Gasteiger partial charge in [0.05, 0.1) is 17.5 Å². The number of ether oxygens (including phenoxy) is 2. The Labute approximate surface area is 178 Å². The van der Waals surface area contributed by atoms with E-state index in [1.807, 2.05) is 32.9 Å². The summed E-state index contributed by atoms with van der Waals surface area (Å²) in [7, 11) is -3.67. The lowest BCUT2D eigenvalue weighted by atomic mass is 9.99. The van der Waals surface area contributed by atoms with Crippen LogP contribution < -0.4 is 19.1 Å². The molecule has 30 heavy (non-hydrogen) atoms. The first-order valence-corrected chi connectivity index (χ1v) is 11.6. The molecule has 0 aliphatic carbocycles. The van der Waals surface area contributed by atoms with Crippen LogP contribution in [0.1, 0.15) is 43.0 Å². The highest BCUT2D eigenvalue weighted by atomic mass is 32.2. The molecule has 7 nitrogen and oxygen atoms in total. The van der Waals surface area contributed by atoms with Crippen molar-refractivity contribution in [2.75, 3.05) is 23.4 Å². The molecular weight excluding hydrogens is 404 g/mol. The van der Waals surface area contributed by atoms with Gasteiger partial charge in [-0.1, -0.05) is 25.1 Å². The Hall–Kier alpha value is -2.74. The number of carbonyl (C=O) groups is 1. The number of aryl methyl sites for hydroxylation is 2. The normalized spacial score (nSPS) is 13.7. The lowest BCUT2D eigenvalue weighted by Crippen LogP contribution is -2.42. The molecule has 1 unspecified atom stereocenters. The lowest BCUT2D eigenvalue weighted by Gasteiger charge is -2.25. The maximum atomic E-state index is 12.8. The topological polar surface area (TPSA) is 84.9 Å². The molecule has 1 amide bonds. The van der Waals surface area contributed by atoms with Crippen LogP contribution in [-0.4, -0.2) is 33.4 Å². The third kappa shape index (κ3) is 4.70. The molecule has 0 spiro atoms. The van der Waals surface area contributed by atoms with Crippen molar-refractivity contribution < 1.29 is 22.7 Å². The summed E-state index contributed by atoms with van der Waals surface area (Å²) >= 11 is 0. The molecule has 0 aromatic heterocycles. The van der Waals surface area contributed by atoms with Crippen LogP contribution in [0.4, 0.5) is 5.69 Å². The highest BCUT2D eigenvalue weighted by Gasteiger charge is 2.26. The van der Waals surface area contributed by atoms with Crippen LogP contribution in [0.5, 0.6) is 11.5 Å². The molecule has 2 aromatic rings. The number of hydrogen-bond donors (Lipinski definition) is 1. The quantitative estimate of drug-likeness (QED) is 0.691. The summed E-state index contributed by atoms with van der Waals surface area (Å²) in [6.07, 6.45) is 0.693. The smallest absolute Gasteiger partial charge is 0.241 e. The highest BCUT2D eigenvalue weighted by molar-refractivity contribution is 7.92. The summed E-state index contributed by atoms with van der Waals surface area (Å²) in [6, 6.07) is 10.7. The van der Waals surface area contributed by atoms with E-state index in [9.17, 15) is 13.2 Å². The maximum Gasteiger partial charge on any atom is 0.241 e. The largest absolute Gasteiger partial charge is 0.454 e. The van der Waals surface area contributed by atoms with Crippen molar-refractivity contribution in [1.29, 1.82) is 0 Å². The van der Waals surface area contributed by atoms with Crippen molar-refractivity contribution in [3.63, 3.8) is 0 Å². The fraction of sp³-hybridized carbons (Fsp3) is 0.409. The zero-order valence-electron chi connectivity index (χ0n) is 17.8. The second-order valence-corrected chi connectivity index (χ2v) is 9.50. The van der Waals surface area contributed by atoms with Gasteiger partial charge < -0.3 is 14.8 Å². The highest BCUT2D eigenvalue weighted by Crippen LogP contribution is 2.36. The SMILES string of the molecule is CCC(NC(=O)CN(c1ccc2c(c1)OCO2)S(=O)(=O)CC)c1ccc(C)c(C)c1. The fourth-order valence-corrected chi connectivity index (χ4v) is 4.38. The first kappa shape index (κ1) is 22.0. The van der Waals surface area contributed by atoms with Crippen LogP contribution in [-0.2, 0) is 14.8 Å². The van der Waals surface area contributed by atoms with Crippen molar-refractivity contribution in [2.45, 2.75) is 40.2 Å². The van der Waals surface area contributed by atoms with E-state index in [0.717, 1.165) is 15.4 Å². The lowest BCUT2D eigenvalue weighted by molar-refractivity contribution is -0.120. The number of nitrogens with one attached hydrogen (secondary N) is 1. The minimum Gasteiger partial charge on any atom is -0.454 e. The summed E-state index contributed by atoms with van der Waals surface area (Å²) < 4.78 is 37.2. The van der Waals surface area contributed by atoms with Gasteiger partial charge >= 0.3 is 0 Å². The summed E-state index contributed by atoms with van der Waals surface area (Å²) in [5.41, 5.74) is 3.70. The van der Waals surface area contributed by atoms with Crippen LogP contribution >= 0.6 is 0 Å². The number of amides is 1. The van der Waals surface area contributed by atoms with E-state index in [4.69, 9.17) is 9.47 Å². The summed E-state index contributed by atoms with van der Waals surface area (Å²) in [6.45, 7) is 7.39. The zero-order chi connectivity index (χ0) is 21.9. The van der Waals surface area contributed by atoms with E-state index in [-0.39, 0.29) is 31.0 Å². The molecule has 0 radical (unpaired) electrons. The molecule has 1 heterocycles. The monoisotopic (exact) mass is 432 g/mol. The van der Waals surface area contributed by atoms with Gasteiger partial charge in [0.2, 0.25) is 22.7 Å². The van der Waals surface area contributed by atoms with Gasteiger partial charge in [0.1, 0.15) is 6.54 Å². The average molecular weight is 433 g/mol. The Morgan fingerprint density at radius 1 is 1.07 bits per heavy atom. The van der Waals surface area contributed by atoms with Crippen LogP contribution in [0.25, 0.3) is 0 Å². The molecule has 0 saturated carbocycles. The first-order valence-electron chi connectivity index (χ1n) is 10.0. The molecule has 1 atom stereocenters. The van der Waals surface area contributed by atoms with Gasteiger partial charge in [-0.15, -0.1) is 0 Å². The van der Waals surface area contributed by atoms with Crippen molar-refractivity contribution in [1.82, 2.24) is 5.32 Å². The molecule has 1 aliphatic heterocycles. The van der Waals surface area contributed by atoms with Crippen LogP contribution in [0.2, 0.25) is 0 Å². The van der Waals surface area contributed by atoms with E-state index in [0.29, 0.717) is 23.6 Å². The van der Waals surface area contributed by atoms with E-state index >= 15 is 0 Å². The van der Waals surface area contributed by atoms with E-state index < -0.39 is 10.0 Å². The Balaban J connectivity index is 1.81. The Morgan fingerprint density at radius 3 is 2.47 bits per heavy atom. The number of anilines is 1. The average Bonchev–Trinajstić information content (AvgIpc) is 3.20. The maximum absolute atomic E-state index is 12.8. The summed E-state index contributed by atoms with van der Waals surface area (Å²) in [5.74, 6) is 0.529. The fourth-order valence-electron chi connectivity index (χ4n) is 3.32. The molecule has 0 fully saturated rings. The van der Waals surface area contributed by atoms with E-state index in [1.54, 1.807) is 25.1 Å². The number of sulfonamides is 1. The molecule has 1 aliphatic rings. The third-order valence-corrected chi connectivity index (χ3v) is 7.05. The van der Waals surface area contributed by atoms with Gasteiger partial charge in [0.15, 0.2) is 11.5 Å². The van der Waals surface area contributed by atoms with Gasteiger partial charge in [0, 0.05) is 6.07 Å². The zero-order valence-corrected chi connectivity index (χ0v) is 18.6. The molecule has 2 aromatic carbocycles. The van der Waals surface area contributed by atoms with Gasteiger partial charge in [-0.25, -0.2) is 8.42 Å². The molecule has 162 valence electrons. The van der Waals surface area contributed by atoms with Crippen molar-refractivity contribution in [3.05, 3.63) is 53.1 Å². The summed E-state index contributed by atoms with van der Waals surface area (Å²) in [5, 5.41) is 2.98. The Morgan fingerprint density at radius 2 is 1.80 bits per heavy atom. The van der Waals surface area contributed by atoms with Crippen LogP contribution in [0.15, 0.2) is 36.4 Å². The second-order valence-electron chi connectivity index (χ2n) is 7.32. The van der Waals surface area contributed by atoms with Crippen molar-refractivity contribution in [3.8, 4) is 11.5 Å². The minimum absolute atomic E-state index is 0.0912. The van der Waals surface area contributed by atoms with E-state index in [2.05, 4.69) is 11.4 Å². The van der Waals surface area contributed by atoms with E-state index in [1.165, 1.54) is 5.56 Å². The minimum atomic E-state index is -3.67. The number of fused-ring (bicyclic) bond motifs is 1. The number of nitrogens with zero attached hydrogens (tertiary/aromatic N) is 1. The second kappa shape index (κ2) is 8.95. The predicted molar refractivity (Wildman–Crippen MR) is 116 cm³/mol. The Bertz CT molecular complexity index is 1040. The number of hydrogen-bond acceptors (Lipinski definition) is 5. The summed E-state index contributed by atoms with van der Waals surface area (Å²) in [4.78, 5) is 12.8. The Kier molecular flexibility index (Phi) is 6.55.